The molecular weight excluding hydrogens is 301 g/mol. The van der Waals surface area contributed by atoms with E-state index >= 15 is 0 Å². The second kappa shape index (κ2) is 5.23. The summed E-state index contributed by atoms with van der Waals surface area (Å²) in [5.74, 6) is -2.05. The highest BCUT2D eigenvalue weighted by molar-refractivity contribution is 9.10. The minimum absolute atomic E-state index is 0.00398. The molecule has 2 unspecified atom stereocenters. The quantitative estimate of drug-likeness (QED) is 0.769. The molecule has 0 saturated heterocycles. The van der Waals surface area contributed by atoms with Gasteiger partial charge in [-0.15, -0.1) is 0 Å². The molecule has 0 spiro atoms. The van der Waals surface area contributed by atoms with Gasteiger partial charge in [0.15, 0.2) is 0 Å². The van der Waals surface area contributed by atoms with Crippen LogP contribution in [0.4, 0.5) is 8.78 Å². The Kier molecular flexibility index (Phi) is 4.44. The normalized spacial score (nSPS) is 14.6. The Morgan fingerprint density at radius 1 is 1.44 bits per heavy atom. The SMILES string of the molecule is CC(=O)C(Br)C(C)c1c(F)cc(F)cc1Cl. The molecule has 1 rings (SSSR count). The monoisotopic (exact) mass is 310 g/mol. The summed E-state index contributed by atoms with van der Waals surface area (Å²) < 4.78 is 26.4. The van der Waals surface area contributed by atoms with Crippen LogP contribution in [-0.4, -0.2) is 10.6 Å². The van der Waals surface area contributed by atoms with Crippen LogP contribution in [0.3, 0.4) is 0 Å². The second-order valence-electron chi connectivity index (χ2n) is 3.58. The summed E-state index contributed by atoms with van der Waals surface area (Å²) in [5.41, 5.74) is 0.153. The first kappa shape index (κ1) is 13.6. The average molecular weight is 312 g/mol. The van der Waals surface area contributed by atoms with E-state index in [-0.39, 0.29) is 16.4 Å². The molecular formula is C11H10BrClF2O. The highest BCUT2D eigenvalue weighted by Gasteiger charge is 2.25. The van der Waals surface area contributed by atoms with Crippen molar-refractivity contribution in [3.8, 4) is 0 Å². The van der Waals surface area contributed by atoms with Gasteiger partial charge in [-0.3, -0.25) is 4.79 Å². The van der Waals surface area contributed by atoms with Crippen molar-refractivity contribution in [3.05, 3.63) is 34.4 Å². The fraction of sp³-hybridized carbons (Fsp3) is 0.364. The number of hydrogen-bond acceptors (Lipinski definition) is 1. The number of ketones is 1. The summed E-state index contributed by atoms with van der Waals surface area (Å²) >= 11 is 8.93. The minimum atomic E-state index is -0.733. The van der Waals surface area contributed by atoms with Crippen molar-refractivity contribution in [1.82, 2.24) is 0 Å². The van der Waals surface area contributed by atoms with Crippen LogP contribution in [0.2, 0.25) is 5.02 Å². The molecule has 5 heteroatoms. The first-order valence-corrected chi connectivity index (χ1v) is 5.93. The molecule has 1 aromatic rings. The topological polar surface area (TPSA) is 17.1 Å². The molecule has 16 heavy (non-hydrogen) atoms. The molecule has 0 fully saturated rings. The van der Waals surface area contributed by atoms with Crippen molar-refractivity contribution in [1.29, 1.82) is 0 Å². The maximum Gasteiger partial charge on any atom is 0.144 e. The molecule has 88 valence electrons. The van der Waals surface area contributed by atoms with E-state index in [1.54, 1.807) is 6.92 Å². The van der Waals surface area contributed by atoms with Gasteiger partial charge >= 0.3 is 0 Å². The van der Waals surface area contributed by atoms with Gasteiger partial charge in [0, 0.05) is 22.6 Å². The Morgan fingerprint density at radius 2 is 2.00 bits per heavy atom. The lowest BCUT2D eigenvalue weighted by Crippen LogP contribution is -2.19. The highest BCUT2D eigenvalue weighted by atomic mass is 79.9. The zero-order chi connectivity index (χ0) is 12.5. The van der Waals surface area contributed by atoms with Crippen LogP contribution in [0.5, 0.6) is 0 Å². The van der Waals surface area contributed by atoms with Gasteiger partial charge in [0.25, 0.3) is 0 Å². The van der Waals surface area contributed by atoms with Crippen LogP contribution in [-0.2, 0) is 4.79 Å². The van der Waals surface area contributed by atoms with Gasteiger partial charge in [-0.05, 0) is 13.0 Å². The number of alkyl halides is 1. The molecule has 0 aliphatic heterocycles. The van der Waals surface area contributed by atoms with Crippen molar-refractivity contribution >= 4 is 33.3 Å². The number of Topliss-reactive ketones (excluding diaryl/α,β-unsaturated/α-hetero) is 1. The lowest BCUT2D eigenvalue weighted by atomic mass is 9.95. The first-order valence-electron chi connectivity index (χ1n) is 4.63. The molecule has 0 radical (unpaired) electrons. The number of benzene rings is 1. The summed E-state index contributed by atoms with van der Waals surface area (Å²) in [6.45, 7) is 3.05. The van der Waals surface area contributed by atoms with Crippen LogP contribution < -0.4 is 0 Å². The second-order valence-corrected chi connectivity index (χ2v) is 4.98. The Bertz CT molecular complexity index is 399. The lowest BCUT2D eigenvalue weighted by molar-refractivity contribution is -0.116. The van der Waals surface area contributed by atoms with E-state index in [9.17, 15) is 13.6 Å². The van der Waals surface area contributed by atoms with Gasteiger partial charge in [-0.2, -0.15) is 0 Å². The van der Waals surface area contributed by atoms with E-state index in [0.717, 1.165) is 12.1 Å². The number of rotatable bonds is 3. The Hall–Kier alpha value is -0.480. The molecule has 2 atom stereocenters. The van der Waals surface area contributed by atoms with Crippen molar-refractivity contribution in [2.24, 2.45) is 0 Å². The first-order chi connectivity index (χ1) is 7.34. The van der Waals surface area contributed by atoms with Crippen molar-refractivity contribution in [2.45, 2.75) is 24.6 Å². The van der Waals surface area contributed by atoms with E-state index in [2.05, 4.69) is 15.9 Å². The highest BCUT2D eigenvalue weighted by Crippen LogP contribution is 2.33. The predicted molar refractivity (Wildman–Crippen MR) is 63.2 cm³/mol. The molecule has 0 N–H and O–H groups in total. The molecule has 1 aromatic carbocycles. The van der Waals surface area contributed by atoms with Crippen molar-refractivity contribution in [2.75, 3.05) is 0 Å². The van der Waals surface area contributed by atoms with Crippen molar-refractivity contribution < 1.29 is 13.6 Å². The van der Waals surface area contributed by atoms with Crippen LogP contribution in [0.15, 0.2) is 12.1 Å². The van der Waals surface area contributed by atoms with Gasteiger partial charge in [0.1, 0.15) is 17.4 Å². The molecule has 0 bridgehead atoms. The Balaban J connectivity index is 3.18. The van der Waals surface area contributed by atoms with Crippen LogP contribution >= 0.6 is 27.5 Å². The standard InChI is InChI=1S/C11H10BrClF2O/c1-5(11(12)6(2)16)10-8(13)3-7(14)4-9(10)15/h3-5,11H,1-2H3. The van der Waals surface area contributed by atoms with Crippen molar-refractivity contribution in [3.63, 3.8) is 0 Å². The molecule has 0 aliphatic carbocycles. The van der Waals surface area contributed by atoms with E-state index in [4.69, 9.17) is 11.6 Å². The summed E-state index contributed by atoms with van der Waals surface area (Å²) in [5, 5.41) is -0.00398. The largest absolute Gasteiger partial charge is 0.299 e. The maximum absolute atomic E-state index is 13.5. The van der Waals surface area contributed by atoms with E-state index < -0.39 is 22.4 Å². The third-order valence-electron chi connectivity index (χ3n) is 2.33. The smallest absolute Gasteiger partial charge is 0.144 e. The molecule has 0 heterocycles. The summed E-state index contributed by atoms with van der Waals surface area (Å²) in [7, 11) is 0. The number of carbonyl (C=O) groups excluding carboxylic acids is 1. The minimum Gasteiger partial charge on any atom is -0.299 e. The van der Waals surface area contributed by atoms with E-state index in [1.165, 1.54) is 6.92 Å². The average Bonchev–Trinajstić information content (AvgIpc) is 2.14. The zero-order valence-electron chi connectivity index (χ0n) is 8.73. The van der Waals surface area contributed by atoms with E-state index in [0.29, 0.717) is 0 Å². The fourth-order valence-electron chi connectivity index (χ4n) is 1.49. The van der Waals surface area contributed by atoms with Gasteiger partial charge in [-0.1, -0.05) is 34.5 Å². The number of carbonyl (C=O) groups is 1. The molecule has 0 aliphatic rings. The summed E-state index contributed by atoms with van der Waals surface area (Å²) in [6, 6.07) is 1.80. The van der Waals surface area contributed by atoms with Crippen LogP contribution in [0.1, 0.15) is 25.3 Å². The molecule has 0 amide bonds. The third kappa shape index (κ3) is 2.80. The Morgan fingerprint density at radius 3 is 2.44 bits per heavy atom. The summed E-state index contributed by atoms with van der Waals surface area (Å²) in [4.78, 5) is 10.6. The van der Waals surface area contributed by atoms with Gasteiger partial charge in [-0.25, -0.2) is 8.78 Å². The van der Waals surface area contributed by atoms with Crippen LogP contribution in [0, 0.1) is 11.6 Å². The molecule has 1 nitrogen and oxygen atoms in total. The van der Waals surface area contributed by atoms with E-state index in [1.807, 2.05) is 0 Å². The number of hydrogen-bond donors (Lipinski definition) is 0. The zero-order valence-corrected chi connectivity index (χ0v) is 11.1. The predicted octanol–water partition coefficient (Wildman–Crippen LogP) is 4.07. The van der Waals surface area contributed by atoms with Gasteiger partial charge in [0.05, 0.1) is 4.83 Å². The fourth-order valence-corrected chi connectivity index (χ4v) is 2.12. The van der Waals surface area contributed by atoms with Gasteiger partial charge in [0.2, 0.25) is 0 Å². The molecule has 0 aromatic heterocycles. The third-order valence-corrected chi connectivity index (χ3v) is 4.08. The number of halogens is 4. The van der Waals surface area contributed by atoms with Crippen LogP contribution in [0.25, 0.3) is 0 Å². The molecule has 0 saturated carbocycles. The maximum atomic E-state index is 13.5. The summed E-state index contributed by atoms with van der Waals surface area (Å²) in [6.07, 6.45) is 0. The van der Waals surface area contributed by atoms with Gasteiger partial charge < -0.3 is 0 Å². The lowest BCUT2D eigenvalue weighted by Gasteiger charge is -2.18. The Labute approximate surface area is 106 Å².